The van der Waals surface area contributed by atoms with Crippen LogP contribution < -0.4 is 10.6 Å². The molecular weight excluding hydrogens is 214 g/mol. The van der Waals surface area contributed by atoms with Gasteiger partial charge in [0, 0.05) is 24.6 Å². The molecule has 0 spiro atoms. The first-order valence-electron chi connectivity index (χ1n) is 4.82. The van der Waals surface area contributed by atoms with Crippen LogP contribution in [0.4, 0.5) is 0 Å². The van der Waals surface area contributed by atoms with E-state index in [1.807, 2.05) is 0 Å². The molecule has 1 amide bonds. The summed E-state index contributed by atoms with van der Waals surface area (Å²) in [4.78, 5) is 15.5. The van der Waals surface area contributed by atoms with Crippen LogP contribution in [-0.2, 0) is 11.2 Å². The molecule has 0 aromatic carbocycles. The minimum absolute atomic E-state index is 0.0349. The SMILES string of the molecule is O=C(NCCc1cocn1)C1CSCN1. The highest BCUT2D eigenvalue weighted by atomic mass is 32.2. The number of aromatic nitrogens is 1. The average molecular weight is 227 g/mol. The lowest BCUT2D eigenvalue weighted by atomic mass is 10.3. The second-order valence-corrected chi connectivity index (χ2v) is 4.32. The molecule has 0 radical (unpaired) electrons. The van der Waals surface area contributed by atoms with Crippen molar-refractivity contribution in [1.82, 2.24) is 15.6 Å². The largest absolute Gasteiger partial charge is 0.451 e. The van der Waals surface area contributed by atoms with Crippen molar-refractivity contribution < 1.29 is 9.21 Å². The van der Waals surface area contributed by atoms with Gasteiger partial charge in [-0.2, -0.15) is 0 Å². The zero-order valence-corrected chi connectivity index (χ0v) is 9.05. The van der Waals surface area contributed by atoms with Crippen molar-refractivity contribution in [2.24, 2.45) is 0 Å². The fraction of sp³-hybridized carbons (Fsp3) is 0.556. The fourth-order valence-electron chi connectivity index (χ4n) is 1.36. The first kappa shape index (κ1) is 10.5. The van der Waals surface area contributed by atoms with Gasteiger partial charge in [-0.25, -0.2) is 4.98 Å². The van der Waals surface area contributed by atoms with E-state index in [0.29, 0.717) is 13.0 Å². The molecule has 2 N–H and O–H groups in total. The van der Waals surface area contributed by atoms with Crippen LogP contribution in [0.2, 0.25) is 0 Å². The van der Waals surface area contributed by atoms with Crippen LogP contribution in [0.1, 0.15) is 5.69 Å². The van der Waals surface area contributed by atoms with Crippen LogP contribution >= 0.6 is 11.8 Å². The second-order valence-electron chi connectivity index (χ2n) is 3.29. The van der Waals surface area contributed by atoms with E-state index in [-0.39, 0.29) is 11.9 Å². The maximum Gasteiger partial charge on any atom is 0.238 e. The van der Waals surface area contributed by atoms with E-state index >= 15 is 0 Å². The van der Waals surface area contributed by atoms with Gasteiger partial charge >= 0.3 is 0 Å². The molecule has 1 atom stereocenters. The maximum absolute atomic E-state index is 11.5. The number of nitrogens with zero attached hydrogens (tertiary/aromatic N) is 1. The average Bonchev–Trinajstić information content (AvgIpc) is 2.90. The topological polar surface area (TPSA) is 67.2 Å². The fourth-order valence-corrected chi connectivity index (χ4v) is 2.30. The molecule has 1 fully saturated rings. The molecule has 2 rings (SSSR count). The lowest BCUT2D eigenvalue weighted by Crippen LogP contribution is -2.42. The smallest absolute Gasteiger partial charge is 0.238 e. The van der Waals surface area contributed by atoms with Crippen LogP contribution in [0.3, 0.4) is 0 Å². The Balaban J connectivity index is 1.67. The summed E-state index contributed by atoms with van der Waals surface area (Å²) in [6, 6.07) is -0.0349. The molecule has 1 unspecified atom stereocenters. The zero-order chi connectivity index (χ0) is 10.5. The normalized spacial score (nSPS) is 20.4. The Morgan fingerprint density at radius 2 is 2.73 bits per heavy atom. The molecule has 15 heavy (non-hydrogen) atoms. The Bertz CT molecular complexity index is 309. The molecule has 1 aliphatic heterocycles. The third kappa shape index (κ3) is 2.97. The number of oxazole rings is 1. The molecule has 0 aliphatic carbocycles. The van der Waals surface area contributed by atoms with Crippen LogP contribution in [0.25, 0.3) is 0 Å². The number of rotatable bonds is 4. The molecule has 2 heterocycles. The maximum atomic E-state index is 11.5. The van der Waals surface area contributed by atoms with Gasteiger partial charge in [0.25, 0.3) is 0 Å². The van der Waals surface area contributed by atoms with Crippen molar-refractivity contribution in [1.29, 1.82) is 0 Å². The summed E-state index contributed by atoms with van der Waals surface area (Å²) in [5.41, 5.74) is 0.865. The molecule has 1 aromatic heterocycles. The summed E-state index contributed by atoms with van der Waals surface area (Å²) < 4.78 is 4.83. The monoisotopic (exact) mass is 227 g/mol. The number of hydrogen-bond acceptors (Lipinski definition) is 5. The van der Waals surface area contributed by atoms with Crippen molar-refractivity contribution >= 4 is 17.7 Å². The molecule has 0 bridgehead atoms. The number of nitrogens with one attached hydrogen (secondary N) is 2. The summed E-state index contributed by atoms with van der Waals surface area (Å²) in [5, 5.41) is 5.98. The molecule has 0 saturated carbocycles. The van der Waals surface area contributed by atoms with Crippen molar-refractivity contribution in [2.45, 2.75) is 12.5 Å². The Morgan fingerprint density at radius 1 is 1.80 bits per heavy atom. The van der Waals surface area contributed by atoms with Crippen LogP contribution in [0, 0.1) is 0 Å². The molecule has 82 valence electrons. The van der Waals surface area contributed by atoms with E-state index in [9.17, 15) is 4.79 Å². The van der Waals surface area contributed by atoms with E-state index < -0.39 is 0 Å². The third-order valence-corrected chi connectivity index (χ3v) is 3.14. The molecule has 1 aromatic rings. The lowest BCUT2D eigenvalue weighted by Gasteiger charge is -2.09. The van der Waals surface area contributed by atoms with Crippen molar-refractivity contribution in [2.75, 3.05) is 18.2 Å². The minimum atomic E-state index is -0.0349. The molecule has 5 nitrogen and oxygen atoms in total. The summed E-state index contributed by atoms with van der Waals surface area (Å²) in [6.45, 7) is 0.605. The van der Waals surface area contributed by atoms with E-state index in [0.717, 1.165) is 17.3 Å². The van der Waals surface area contributed by atoms with Crippen molar-refractivity contribution in [3.63, 3.8) is 0 Å². The number of carbonyl (C=O) groups excluding carboxylic acids is 1. The van der Waals surface area contributed by atoms with Gasteiger partial charge in [-0.3, -0.25) is 10.1 Å². The predicted molar refractivity (Wildman–Crippen MR) is 57.5 cm³/mol. The highest BCUT2D eigenvalue weighted by Crippen LogP contribution is 2.09. The highest BCUT2D eigenvalue weighted by molar-refractivity contribution is 7.99. The van der Waals surface area contributed by atoms with Gasteiger partial charge in [0.05, 0.1) is 11.7 Å². The molecule has 6 heteroatoms. The predicted octanol–water partition coefficient (Wildman–Crippen LogP) is -0.00420. The van der Waals surface area contributed by atoms with Gasteiger partial charge in [-0.05, 0) is 0 Å². The standard InChI is InChI=1S/C9H13N3O2S/c13-9(8-4-15-6-12-8)10-2-1-7-3-14-5-11-7/h3,5,8,12H,1-2,4,6H2,(H,10,13). The molecule has 1 aliphatic rings. The summed E-state index contributed by atoms with van der Waals surface area (Å²) in [5.74, 6) is 1.79. The first-order chi connectivity index (χ1) is 7.36. The Labute approximate surface area is 92.0 Å². The van der Waals surface area contributed by atoms with E-state index in [1.165, 1.54) is 6.39 Å². The van der Waals surface area contributed by atoms with Gasteiger partial charge in [-0.1, -0.05) is 0 Å². The Kier molecular flexibility index (Phi) is 3.63. The van der Waals surface area contributed by atoms with Crippen LogP contribution in [0.15, 0.2) is 17.1 Å². The van der Waals surface area contributed by atoms with Gasteiger partial charge in [0.1, 0.15) is 6.26 Å². The van der Waals surface area contributed by atoms with Crippen molar-refractivity contribution in [3.8, 4) is 0 Å². The van der Waals surface area contributed by atoms with E-state index in [2.05, 4.69) is 15.6 Å². The third-order valence-electron chi connectivity index (χ3n) is 2.20. The Hall–Kier alpha value is -1.01. The summed E-state index contributed by atoms with van der Waals surface area (Å²) in [6.07, 6.45) is 3.70. The van der Waals surface area contributed by atoms with Crippen LogP contribution in [0.5, 0.6) is 0 Å². The van der Waals surface area contributed by atoms with Crippen molar-refractivity contribution in [3.05, 3.63) is 18.4 Å². The summed E-state index contributed by atoms with van der Waals surface area (Å²) >= 11 is 1.74. The number of carbonyl (C=O) groups is 1. The van der Waals surface area contributed by atoms with E-state index in [1.54, 1.807) is 18.0 Å². The summed E-state index contributed by atoms with van der Waals surface area (Å²) in [7, 11) is 0. The molecule has 1 saturated heterocycles. The van der Waals surface area contributed by atoms with Crippen LogP contribution in [-0.4, -0.2) is 35.1 Å². The van der Waals surface area contributed by atoms with Gasteiger partial charge in [0.15, 0.2) is 6.39 Å². The van der Waals surface area contributed by atoms with Gasteiger partial charge in [-0.15, -0.1) is 11.8 Å². The quantitative estimate of drug-likeness (QED) is 0.757. The number of hydrogen-bond donors (Lipinski definition) is 2. The highest BCUT2D eigenvalue weighted by Gasteiger charge is 2.21. The Morgan fingerprint density at radius 3 is 3.40 bits per heavy atom. The first-order valence-corrected chi connectivity index (χ1v) is 5.97. The lowest BCUT2D eigenvalue weighted by molar-refractivity contribution is -0.122. The minimum Gasteiger partial charge on any atom is -0.451 e. The number of amides is 1. The van der Waals surface area contributed by atoms with E-state index in [4.69, 9.17) is 4.42 Å². The second kappa shape index (κ2) is 5.18. The number of thioether (sulfide) groups is 1. The van der Waals surface area contributed by atoms with Gasteiger partial charge < -0.3 is 9.73 Å². The van der Waals surface area contributed by atoms with Gasteiger partial charge in [0.2, 0.25) is 5.91 Å². The zero-order valence-electron chi connectivity index (χ0n) is 8.23. The molecular formula is C9H13N3O2S.